The third-order valence-corrected chi connectivity index (χ3v) is 3.13. The molecule has 0 aromatic carbocycles. The molecule has 0 aliphatic rings. The number of aliphatic hydroxyl groups is 1. The first kappa shape index (κ1) is 15.2. The van der Waals surface area contributed by atoms with Gasteiger partial charge in [0.15, 0.2) is 0 Å². The van der Waals surface area contributed by atoms with Gasteiger partial charge in [0.2, 0.25) is 5.91 Å². The first-order chi connectivity index (χ1) is 9.15. The van der Waals surface area contributed by atoms with Crippen molar-refractivity contribution in [1.29, 1.82) is 0 Å². The van der Waals surface area contributed by atoms with Crippen molar-refractivity contribution in [2.75, 3.05) is 13.2 Å². The van der Waals surface area contributed by atoms with Crippen molar-refractivity contribution >= 4 is 23.2 Å². The molecule has 0 saturated carbocycles. The van der Waals surface area contributed by atoms with Crippen molar-refractivity contribution in [2.24, 2.45) is 5.73 Å². The number of carbonyl (C=O) groups excluding carboxylic acids is 2. The maximum Gasteiger partial charge on any atom is 0.262 e. The van der Waals surface area contributed by atoms with Crippen LogP contribution in [0.3, 0.4) is 0 Å². The van der Waals surface area contributed by atoms with E-state index in [2.05, 4.69) is 17.2 Å². The van der Waals surface area contributed by atoms with Gasteiger partial charge >= 0.3 is 0 Å². The smallest absolute Gasteiger partial charge is 0.262 e. The van der Waals surface area contributed by atoms with Crippen LogP contribution >= 0.6 is 11.3 Å². The topological polar surface area (TPSA) is 92.4 Å². The molecule has 1 rings (SSSR count). The second-order valence-electron chi connectivity index (χ2n) is 3.76. The number of hydrogen-bond donors (Lipinski definition) is 3. The molecule has 1 heterocycles. The van der Waals surface area contributed by atoms with Crippen molar-refractivity contribution in [2.45, 2.75) is 19.3 Å². The maximum absolute atomic E-state index is 11.9. The Balaban J connectivity index is 2.51. The molecule has 1 aromatic heterocycles. The van der Waals surface area contributed by atoms with Gasteiger partial charge in [0, 0.05) is 24.9 Å². The number of amides is 2. The summed E-state index contributed by atoms with van der Waals surface area (Å²) in [6, 6.07) is 1.77. The normalized spacial score (nSPS) is 9.53. The van der Waals surface area contributed by atoms with Crippen LogP contribution in [-0.2, 0) is 4.79 Å². The fourth-order valence-corrected chi connectivity index (χ4v) is 2.11. The molecule has 2 amide bonds. The molecule has 5 nitrogen and oxygen atoms in total. The standard InChI is InChI=1S/C13H16N2O3S/c14-11(17)5-3-7-15-13(18)12-10(6-9-19-12)4-1-2-8-16/h6,9,16H,2-3,5,7-8H2,(H2,14,17)(H,15,18). The molecule has 0 aliphatic carbocycles. The molecule has 19 heavy (non-hydrogen) atoms. The van der Waals surface area contributed by atoms with Gasteiger partial charge in [0.1, 0.15) is 4.88 Å². The summed E-state index contributed by atoms with van der Waals surface area (Å²) in [4.78, 5) is 23.0. The third-order valence-electron chi connectivity index (χ3n) is 2.22. The van der Waals surface area contributed by atoms with Crippen LogP contribution in [0.2, 0.25) is 0 Å². The van der Waals surface area contributed by atoms with Crippen molar-refractivity contribution < 1.29 is 14.7 Å². The first-order valence-corrected chi connectivity index (χ1v) is 6.77. The summed E-state index contributed by atoms with van der Waals surface area (Å²) in [6.07, 6.45) is 1.17. The van der Waals surface area contributed by atoms with Gasteiger partial charge in [-0.15, -0.1) is 11.3 Å². The predicted molar refractivity (Wildman–Crippen MR) is 73.7 cm³/mol. The van der Waals surface area contributed by atoms with Crippen LogP contribution in [-0.4, -0.2) is 30.1 Å². The van der Waals surface area contributed by atoms with Crippen LogP contribution in [0.25, 0.3) is 0 Å². The quantitative estimate of drug-likeness (QED) is 0.522. The van der Waals surface area contributed by atoms with Gasteiger partial charge in [0.25, 0.3) is 5.91 Å². The van der Waals surface area contributed by atoms with Gasteiger partial charge in [-0.3, -0.25) is 9.59 Å². The molecule has 0 fully saturated rings. The molecule has 0 aliphatic heterocycles. The van der Waals surface area contributed by atoms with Gasteiger partial charge in [-0.1, -0.05) is 11.8 Å². The van der Waals surface area contributed by atoms with Crippen LogP contribution < -0.4 is 11.1 Å². The highest BCUT2D eigenvalue weighted by molar-refractivity contribution is 7.12. The van der Waals surface area contributed by atoms with Crippen LogP contribution in [0, 0.1) is 11.8 Å². The van der Waals surface area contributed by atoms with Crippen LogP contribution in [0.15, 0.2) is 11.4 Å². The highest BCUT2D eigenvalue weighted by Gasteiger charge is 2.11. The van der Waals surface area contributed by atoms with E-state index >= 15 is 0 Å². The molecule has 6 heteroatoms. The van der Waals surface area contributed by atoms with Crippen molar-refractivity contribution in [3.05, 3.63) is 21.9 Å². The summed E-state index contributed by atoms with van der Waals surface area (Å²) in [5.74, 6) is 5.05. The lowest BCUT2D eigenvalue weighted by Gasteiger charge is -2.02. The zero-order valence-corrected chi connectivity index (χ0v) is 11.3. The Kier molecular flexibility index (Phi) is 6.64. The minimum Gasteiger partial charge on any atom is -0.395 e. The molecule has 0 unspecified atom stereocenters. The van der Waals surface area contributed by atoms with E-state index in [0.717, 1.165) is 0 Å². The minimum absolute atomic E-state index is 0.00574. The van der Waals surface area contributed by atoms with E-state index in [1.165, 1.54) is 11.3 Å². The number of primary amides is 1. The van der Waals surface area contributed by atoms with Crippen molar-refractivity contribution in [3.8, 4) is 11.8 Å². The third kappa shape index (κ3) is 5.55. The first-order valence-electron chi connectivity index (χ1n) is 5.89. The maximum atomic E-state index is 11.9. The van der Waals surface area contributed by atoms with Crippen molar-refractivity contribution in [3.63, 3.8) is 0 Å². The molecular formula is C13H16N2O3S. The fraction of sp³-hybridized carbons (Fsp3) is 0.385. The second kappa shape index (κ2) is 8.29. The van der Waals surface area contributed by atoms with Gasteiger partial charge < -0.3 is 16.2 Å². The monoisotopic (exact) mass is 280 g/mol. The Morgan fingerprint density at radius 3 is 2.95 bits per heavy atom. The predicted octanol–water partition coefficient (Wildman–Crippen LogP) is 0.477. The van der Waals surface area contributed by atoms with Gasteiger partial charge in [-0.05, 0) is 17.9 Å². The number of aliphatic hydroxyl groups excluding tert-OH is 1. The van der Waals surface area contributed by atoms with Crippen LogP contribution in [0.4, 0.5) is 0 Å². The highest BCUT2D eigenvalue weighted by atomic mass is 32.1. The molecule has 0 saturated heterocycles. The number of nitrogens with two attached hydrogens (primary N) is 1. The summed E-state index contributed by atoms with van der Waals surface area (Å²) >= 11 is 1.31. The second-order valence-corrected chi connectivity index (χ2v) is 4.68. The molecule has 1 aromatic rings. The van der Waals surface area contributed by atoms with E-state index in [0.29, 0.717) is 29.8 Å². The van der Waals surface area contributed by atoms with Crippen LogP contribution in [0.1, 0.15) is 34.5 Å². The summed E-state index contributed by atoms with van der Waals surface area (Å²) in [6.45, 7) is 0.412. The van der Waals surface area contributed by atoms with E-state index in [-0.39, 0.29) is 24.8 Å². The zero-order valence-electron chi connectivity index (χ0n) is 10.4. The van der Waals surface area contributed by atoms with Gasteiger partial charge in [-0.25, -0.2) is 0 Å². The number of carbonyl (C=O) groups is 2. The average molecular weight is 280 g/mol. The molecular weight excluding hydrogens is 264 g/mol. The van der Waals surface area contributed by atoms with E-state index < -0.39 is 0 Å². The number of thiophene rings is 1. The summed E-state index contributed by atoms with van der Waals surface area (Å²) in [5.41, 5.74) is 5.67. The summed E-state index contributed by atoms with van der Waals surface area (Å²) in [7, 11) is 0. The SMILES string of the molecule is NC(=O)CCCNC(=O)c1sccc1C#CCCO. The lowest BCUT2D eigenvalue weighted by molar-refractivity contribution is -0.118. The molecule has 0 bridgehead atoms. The Hall–Kier alpha value is -1.84. The van der Waals surface area contributed by atoms with E-state index in [4.69, 9.17) is 10.8 Å². The summed E-state index contributed by atoms with van der Waals surface area (Å²) in [5, 5.41) is 13.2. The average Bonchev–Trinajstić information content (AvgIpc) is 2.83. The molecule has 0 atom stereocenters. The highest BCUT2D eigenvalue weighted by Crippen LogP contribution is 2.15. The molecule has 102 valence electrons. The van der Waals surface area contributed by atoms with Gasteiger partial charge in [0.05, 0.1) is 6.61 Å². The number of hydrogen-bond acceptors (Lipinski definition) is 4. The number of nitrogens with one attached hydrogen (secondary N) is 1. The molecule has 0 radical (unpaired) electrons. The molecule has 0 spiro atoms. The van der Waals surface area contributed by atoms with Crippen molar-refractivity contribution in [1.82, 2.24) is 5.32 Å². The molecule has 4 N–H and O–H groups in total. The van der Waals surface area contributed by atoms with Gasteiger partial charge in [-0.2, -0.15) is 0 Å². The fourth-order valence-electron chi connectivity index (χ4n) is 1.34. The Morgan fingerprint density at radius 2 is 2.26 bits per heavy atom. The zero-order chi connectivity index (χ0) is 14.1. The lowest BCUT2D eigenvalue weighted by Crippen LogP contribution is -2.25. The Bertz CT molecular complexity index is 499. The van der Waals surface area contributed by atoms with Crippen LogP contribution in [0.5, 0.6) is 0 Å². The summed E-state index contributed by atoms with van der Waals surface area (Å²) < 4.78 is 0. The largest absolute Gasteiger partial charge is 0.395 e. The lowest BCUT2D eigenvalue weighted by atomic mass is 10.2. The van der Waals surface area contributed by atoms with E-state index in [9.17, 15) is 9.59 Å². The van der Waals surface area contributed by atoms with E-state index in [1.54, 1.807) is 11.4 Å². The Labute approximate surface area is 115 Å². The number of rotatable bonds is 6. The Morgan fingerprint density at radius 1 is 1.47 bits per heavy atom. The minimum atomic E-state index is -0.374. The van der Waals surface area contributed by atoms with E-state index in [1.807, 2.05) is 0 Å².